The average molecular weight is 304 g/mol. The fraction of sp³-hybridized carbons (Fsp3) is 0.143. The molecule has 0 amide bonds. The molecule has 3 rings (SSSR count). The van der Waals surface area contributed by atoms with Gasteiger partial charge in [-0.1, -0.05) is 24.3 Å². The van der Waals surface area contributed by atoms with Crippen molar-refractivity contribution in [3.8, 4) is 0 Å². The molecule has 1 aromatic rings. The van der Waals surface area contributed by atoms with Gasteiger partial charge in [-0.25, -0.2) is 0 Å². The number of benzene rings is 1. The van der Waals surface area contributed by atoms with Crippen LogP contribution in [0.3, 0.4) is 0 Å². The predicted molar refractivity (Wildman–Crippen MR) is 71.8 cm³/mol. The fourth-order valence-electron chi connectivity index (χ4n) is 2.25. The van der Waals surface area contributed by atoms with E-state index in [0.29, 0.717) is 11.1 Å². The lowest BCUT2D eigenvalue weighted by molar-refractivity contribution is -0.124. The Bertz CT molecular complexity index is 671. The maximum atomic E-state index is 11.7. The van der Waals surface area contributed by atoms with Crippen LogP contribution in [0, 0.1) is 0 Å². The molecule has 114 valence electrons. The highest BCUT2D eigenvalue weighted by Crippen LogP contribution is 2.33. The molecule has 0 radical (unpaired) electrons. The molecule has 2 atom stereocenters. The van der Waals surface area contributed by atoms with Crippen molar-refractivity contribution in [1.82, 2.24) is 0 Å². The molecule has 0 aromatic heterocycles. The zero-order chi connectivity index (χ0) is 16.0. The number of ketones is 2. The fourth-order valence-corrected chi connectivity index (χ4v) is 2.25. The van der Waals surface area contributed by atoms with Gasteiger partial charge in [0.1, 0.15) is 0 Å². The molecule has 0 unspecified atom stereocenters. The molecule has 0 aliphatic carbocycles. The largest absolute Gasteiger partial charge is 0.501 e. The van der Waals surface area contributed by atoms with Crippen LogP contribution in [0.4, 0.5) is 0 Å². The third-order valence-corrected chi connectivity index (χ3v) is 3.44. The molecule has 0 bridgehead atoms. The van der Waals surface area contributed by atoms with Crippen molar-refractivity contribution < 1.29 is 29.3 Å². The number of Topliss-reactive ketones (excluding diaryl/α,β-unsaturated/α-hetero) is 2. The van der Waals surface area contributed by atoms with Crippen LogP contribution in [-0.4, -0.2) is 21.8 Å². The number of aliphatic hydroxyl groups is 2. The third kappa shape index (κ3) is 1.93. The van der Waals surface area contributed by atoms with E-state index < -0.39 is 35.3 Å². The number of carbonyl (C=O) groups is 2. The number of hydrogen-bond acceptors (Lipinski definition) is 8. The Hall–Kier alpha value is -3.16. The molecule has 2 aliphatic rings. The van der Waals surface area contributed by atoms with Gasteiger partial charge in [0.25, 0.3) is 0 Å². The van der Waals surface area contributed by atoms with Gasteiger partial charge in [-0.15, -0.1) is 0 Å². The van der Waals surface area contributed by atoms with Crippen LogP contribution in [0.25, 0.3) is 0 Å². The normalized spacial score (nSPS) is 24.7. The summed E-state index contributed by atoms with van der Waals surface area (Å²) in [6, 6.07) is 6.13. The number of rotatable bonds is 2. The number of hydrogen-bond donors (Lipinski definition) is 4. The van der Waals surface area contributed by atoms with Gasteiger partial charge in [0.05, 0.1) is 0 Å². The molecule has 8 heteroatoms. The van der Waals surface area contributed by atoms with Crippen molar-refractivity contribution in [1.29, 1.82) is 0 Å². The summed E-state index contributed by atoms with van der Waals surface area (Å²) in [6.45, 7) is 0. The number of nitrogens with two attached hydrogens (primary N) is 2. The van der Waals surface area contributed by atoms with Gasteiger partial charge in [0.15, 0.2) is 12.2 Å². The minimum Gasteiger partial charge on any atom is -0.501 e. The van der Waals surface area contributed by atoms with E-state index in [0.717, 1.165) is 0 Å². The summed E-state index contributed by atoms with van der Waals surface area (Å²) in [4.78, 5) is 23.5. The Morgan fingerprint density at radius 1 is 0.773 bits per heavy atom. The number of aliphatic hydroxyl groups excluding tert-OH is 2. The highest BCUT2D eigenvalue weighted by atomic mass is 16.5. The summed E-state index contributed by atoms with van der Waals surface area (Å²) in [5, 5.41) is 18.8. The molecule has 8 nitrogen and oxygen atoms in total. The molecular formula is C14H12N2O6. The zero-order valence-electron chi connectivity index (χ0n) is 11.1. The van der Waals surface area contributed by atoms with Crippen LogP contribution >= 0.6 is 0 Å². The lowest BCUT2D eigenvalue weighted by atomic mass is 10.0. The lowest BCUT2D eigenvalue weighted by Gasteiger charge is -2.13. The molecule has 0 fully saturated rings. The molecule has 2 heterocycles. The first-order chi connectivity index (χ1) is 10.4. The van der Waals surface area contributed by atoms with Crippen molar-refractivity contribution in [2.75, 3.05) is 0 Å². The summed E-state index contributed by atoms with van der Waals surface area (Å²) in [5.41, 5.74) is 11.6. The van der Waals surface area contributed by atoms with Crippen LogP contribution in [-0.2, 0) is 19.1 Å². The van der Waals surface area contributed by atoms with Crippen molar-refractivity contribution in [2.45, 2.75) is 12.2 Å². The molecule has 1 aromatic carbocycles. The van der Waals surface area contributed by atoms with Crippen molar-refractivity contribution in [2.24, 2.45) is 11.5 Å². The molecule has 0 saturated carbocycles. The minimum atomic E-state index is -1.02. The van der Waals surface area contributed by atoms with Crippen molar-refractivity contribution in [3.63, 3.8) is 0 Å². The van der Waals surface area contributed by atoms with Crippen molar-refractivity contribution >= 4 is 11.6 Å². The van der Waals surface area contributed by atoms with E-state index in [1.54, 1.807) is 0 Å². The first-order valence-corrected chi connectivity index (χ1v) is 6.29. The van der Waals surface area contributed by atoms with E-state index in [2.05, 4.69) is 0 Å². The summed E-state index contributed by atoms with van der Waals surface area (Å²) in [7, 11) is 0. The van der Waals surface area contributed by atoms with E-state index in [1.807, 2.05) is 0 Å². The van der Waals surface area contributed by atoms with E-state index in [1.165, 1.54) is 24.3 Å². The Balaban J connectivity index is 1.81. The highest BCUT2D eigenvalue weighted by molar-refractivity contribution is 6.00. The van der Waals surface area contributed by atoms with Crippen LogP contribution < -0.4 is 11.5 Å². The third-order valence-electron chi connectivity index (χ3n) is 3.44. The Morgan fingerprint density at radius 3 is 1.32 bits per heavy atom. The number of carbonyl (C=O) groups excluding carboxylic acids is 2. The molecule has 2 aliphatic heterocycles. The maximum Gasteiger partial charge on any atom is 0.247 e. The van der Waals surface area contributed by atoms with E-state index in [-0.39, 0.29) is 11.8 Å². The molecule has 0 spiro atoms. The maximum absolute atomic E-state index is 11.7. The smallest absolute Gasteiger partial charge is 0.247 e. The van der Waals surface area contributed by atoms with Crippen LogP contribution in [0.5, 0.6) is 0 Å². The van der Waals surface area contributed by atoms with Gasteiger partial charge in [-0.05, 0) is 0 Å². The topological polar surface area (TPSA) is 145 Å². The summed E-state index contributed by atoms with van der Waals surface area (Å²) in [5.74, 6) is -3.13. The van der Waals surface area contributed by atoms with Crippen LogP contribution in [0.1, 0.15) is 23.3 Å². The van der Waals surface area contributed by atoms with Gasteiger partial charge in [-0.3, -0.25) is 9.59 Å². The quantitative estimate of drug-likeness (QED) is 0.612. The standard InChI is InChI=1S/C14H12N2O6/c15-13-9(19)7(17)11(21-13)5-1-2-6(4-3-5)12-8(18)10(20)14(16)22-12/h1-4,11-12,19-20H,15-16H2/t11-,12+. The van der Waals surface area contributed by atoms with Crippen LogP contribution in [0.15, 0.2) is 47.5 Å². The van der Waals surface area contributed by atoms with E-state index >= 15 is 0 Å². The molecule has 6 N–H and O–H groups in total. The SMILES string of the molecule is NC1=C(O)C(=O)[C@H](c2ccc([C@H]3OC(N)=C(O)C3=O)cc2)O1. The van der Waals surface area contributed by atoms with E-state index in [9.17, 15) is 19.8 Å². The summed E-state index contributed by atoms with van der Waals surface area (Å²) in [6.07, 6.45) is -2.04. The second-order valence-corrected chi connectivity index (χ2v) is 4.82. The zero-order valence-corrected chi connectivity index (χ0v) is 11.1. The van der Waals surface area contributed by atoms with Crippen LogP contribution in [0.2, 0.25) is 0 Å². The Labute approximate surface area is 124 Å². The van der Waals surface area contributed by atoms with Gasteiger partial charge < -0.3 is 31.2 Å². The number of ether oxygens (including phenoxy) is 2. The van der Waals surface area contributed by atoms with Gasteiger partial charge >= 0.3 is 0 Å². The summed E-state index contributed by atoms with van der Waals surface area (Å²) < 4.78 is 10.2. The summed E-state index contributed by atoms with van der Waals surface area (Å²) >= 11 is 0. The molecular weight excluding hydrogens is 292 g/mol. The van der Waals surface area contributed by atoms with Gasteiger partial charge in [0.2, 0.25) is 34.9 Å². The molecule has 0 saturated heterocycles. The van der Waals surface area contributed by atoms with Gasteiger partial charge in [-0.2, -0.15) is 0 Å². The average Bonchev–Trinajstić information content (AvgIpc) is 2.92. The Kier molecular flexibility index (Phi) is 2.94. The highest BCUT2D eigenvalue weighted by Gasteiger charge is 2.37. The monoisotopic (exact) mass is 304 g/mol. The van der Waals surface area contributed by atoms with E-state index in [4.69, 9.17) is 20.9 Å². The first-order valence-electron chi connectivity index (χ1n) is 6.29. The minimum absolute atomic E-state index is 0.324. The second kappa shape index (κ2) is 4.69. The molecule has 22 heavy (non-hydrogen) atoms. The Morgan fingerprint density at radius 2 is 1.09 bits per heavy atom. The predicted octanol–water partition coefficient (Wildman–Crippen LogP) is 0.339. The lowest BCUT2D eigenvalue weighted by Crippen LogP contribution is -2.12. The van der Waals surface area contributed by atoms with Gasteiger partial charge in [0, 0.05) is 11.1 Å². The van der Waals surface area contributed by atoms with Crippen molar-refractivity contribution in [3.05, 3.63) is 58.7 Å². The first kappa shape index (κ1) is 13.8. The second-order valence-electron chi connectivity index (χ2n) is 4.82.